The van der Waals surface area contributed by atoms with Crippen LogP contribution in [0, 0.1) is 11.7 Å². The first-order valence-corrected chi connectivity index (χ1v) is 6.91. The van der Waals surface area contributed by atoms with Crippen molar-refractivity contribution in [3.05, 3.63) is 29.0 Å². The van der Waals surface area contributed by atoms with Crippen LogP contribution in [0.2, 0.25) is 5.02 Å². The van der Waals surface area contributed by atoms with E-state index < -0.39 is 5.82 Å². The second-order valence-electron chi connectivity index (χ2n) is 4.75. The molecule has 1 aromatic rings. The van der Waals surface area contributed by atoms with Gasteiger partial charge in [0, 0.05) is 12.5 Å². The van der Waals surface area contributed by atoms with E-state index in [1.54, 1.807) is 12.1 Å². The monoisotopic (exact) mass is 271 g/mol. The van der Waals surface area contributed by atoms with Crippen molar-refractivity contribution in [3.8, 4) is 5.75 Å². The minimum Gasteiger partial charge on any atom is -0.487 e. The Bertz CT molecular complexity index is 393. The maximum absolute atomic E-state index is 13.8. The first-order valence-electron chi connectivity index (χ1n) is 6.53. The molecule has 2 rings (SSSR count). The Hall–Kier alpha value is -0.800. The summed E-state index contributed by atoms with van der Waals surface area (Å²) < 4.78 is 19.7. The number of nitrogens with one attached hydrogen (secondary N) is 1. The maximum Gasteiger partial charge on any atom is 0.183 e. The zero-order valence-electron chi connectivity index (χ0n) is 10.6. The van der Waals surface area contributed by atoms with Crippen LogP contribution in [0.5, 0.6) is 5.75 Å². The molecule has 1 unspecified atom stereocenters. The predicted octanol–water partition coefficient (Wildman–Crippen LogP) is 3.64. The van der Waals surface area contributed by atoms with Crippen molar-refractivity contribution in [2.24, 2.45) is 5.92 Å². The molecule has 0 radical (unpaired) electrons. The normalized spacial score (nSPS) is 20.9. The lowest BCUT2D eigenvalue weighted by atomic mass is 9.97. The van der Waals surface area contributed by atoms with Crippen LogP contribution in [0.4, 0.5) is 4.39 Å². The van der Waals surface area contributed by atoms with Crippen molar-refractivity contribution in [2.75, 3.05) is 13.1 Å². The highest BCUT2D eigenvalue weighted by Gasteiger charge is 2.26. The average Bonchev–Trinajstić information content (AvgIpc) is 2.88. The Balaban J connectivity index is 2.10. The van der Waals surface area contributed by atoms with Gasteiger partial charge in [-0.2, -0.15) is 0 Å². The topological polar surface area (TPSA) is 21.3 Å². The largest absolute Gasteiger partial charge is 0.487 e. The lowest BCUT2D eigenvalue weighted by Crippen LogP contribution is -2.29. The lowest BCUT2D eigenvalue weighted by molar-refractivity contribution is 0.127. The number of hydrogen-bond donors (Lipinski definition) is 1. The van der Waals surface area contributed by atoms with Gasteiger partial charge >= 0.3 is 0 Å². The molecular formula is C14H19ClFNO. The number of hydrogen-bond acceptors (Lipinski definition) is 2. The van der Waals surface area contributed by atoms with Gasteiger partial charge in [-0.15, -0.1) is 0 Å². The molecule has 0 saturated carbocycles. The summed E-state index contributed by atoms with van der Waals surface area (Å²) in [7, 11) is 0. The molecule has 1 fully saturated rings. The second kappa shape index (κ2) is 6.39. The fourth-order valence-electron chi connectivity index (χ4n) is 2.41. The summed E-state index contributed by atoms with van der Waals surface area (Å²) in [4.78, 5) is 0. The summed E-state index contributed by atoms with van der Waals surface area (Å²) in [6.45, 7) is 4.09. The minimum atomic E-state index is -0.453. The fraction of sp³-hybridized carbons (Fsp3) is 0.571. The van der Waals surface area contributed by atoms with Crippen LogP contribution in [-0.4, -0.2) is 19.2 Å². The molecule has 100 valence electrons. The van der Waals surface area contributed by atoms with E-state index in [2.05, 4.69) is 12.2 Å². The number of benzene rings is 1. The van der Waals surface area contributed by atoms with E-state index in [0.717, 1.165) is 32.4 Å². The molecule has 1 N–H and O–H groups in total. The Morgan fingerprint density at radius 1 is 1.56 bits per heavy atom. The van der Waals surface area contributed by atoms with E-state index >= 15 is 0 Å². The number of halogens is 2. The van der Waals surface area contributed by atoms with Gasteiger partial charge < -0.3 is 10.1 Å². The van der Waals surface area contributed by atoms with E-state index in [0.29, 0.717) is 5.92 Å². The molecule has 0 spiro atoms. The minimum absolute atomic E-state index is 0.0676. The molecule has 1 aromatic carbocycles. The first kappa shape index (κ1) is 13.6. The van der Waals surface area contributed by atoms with Crippen LogP contribution < -0.4 is 10.1 Å². The van der Waals surface area contributed by atoms with Gasteiger partial charge in [0.1, 0.15) is 6.10 Å². The molecule has 1 heterocycles. The van der Waals surface area contributed by atoms with E-state index in [9.17, 15) is 4.39 Å². The van der Waals surface area contributed by atoms with Gasteiger partial charge in [-0.05, 0) is 31.5 Å². The van der Waals surface area contributed by atoms with E-state index in [1.165, 1.54) is 6.07 Å². The third kappa shape index (κ3) is 3.15. The van der Waals surface area contributed by atoms with Gasteiger partial charge in [-0.25, -0.2) is 4.39 Å². The second-order valence-corrected chi connectivity index (χ2v) is 5.16. The van der Waals surface area contributed by atoms with Gasteiger partial charge in [0.2, 0.25) is 0 Å². The standard InChI is InChI=1S/C14H19ClFNO/c1-2-4-12(10-7-8-17-9-10)18-13-6-3-5-11(15)14(13)16/h3,5-6,10,12,17H,2,4,7-9H2,1H3/t10?,12-/m0/s1. The lowest BCUT2D eigenvalue weighted by Gasteiger charge is -2.24. The molecule has 4 heteroatoms. The summed E-state index contributed by atoms with van der Waals surface area (Å²) >= 11 is 5.77. The molecule has 1 saturated heterocycles. The number of rotatable bonds is 5. The third-order valence-electron chi connectivity index (χ3n) is 3.39. The van der Waals surface area contributed by atoms with Crippen LogP contribution in [0.15, 0.2) is 18.2 Å². The Morgan fingerprint density at radius 3 is 3.06 bits per heavy atom. The predicted molar refractivity (Wildman–Crippen MR) is 71.7 cm³/mol. The van der Waals surface area contributed by atoms with Crippen molar-refractivity contribution in [2.45, 2.75) is 32.3 Å². The van der Waals surface area contributed by atoms with Gasteiger partial charge in [0.05, 0.1) is 5.02 Å². The first-order chi connectivity index (χ1) is 8.72. The molecular weight excluding hydrogens is 253 g/mol. The highest BCUT2D eigenvalue weighted by atomic mass is 35.5. The summed E-state index contributed by atoms with van der Waals surface area (Å²) in [5.74, 6) is 0.280. The molecule has 1 aliphatic rings. The van der Waals surface area contributed by atoms with Crippen molar-refractivity contribution < 1.29 is 9.13 Å². The summed E-state index contributed by atoms with van der Waals surface area (Å²) in [6, 6.07) is 4.90. The summed E-state index contributed by atoms with van der Waals surface area (Å²) in [5, 5.41) is 3.44. The Kier molecular flexibility index (Phi) is 4.84. The van der Waals surface area contributed by atoms with Gasteiger partial charge in [-0.1, -0.05) is 31.0 Å². The molecule has 0 aromatic heterocycles. The van der Waals surface area contributed by atoms with E-state index in [-0.39, 0.29) is 16.9 Å². The van der Waals surface area contributed by atoms with Crippen molar-refractivity contribution in [1.29, 1.82) is 0 Å². The molecule has 0 aliphatic carbocycles. The molecule has 2 nitrogen and oxygen atoms in total. The third-order valence-corrected chi connectivity index (χ3v) is 3.68. The highest BCUT2D eigenvalue weighted by molar-refractivity contribution is 6.30. The quantitative estimate of drug-likeness (QED) is 0.883. The molecule has 1 aliphatic heterocycles. The molecule has 0 bridgehead atoms. The van der Waals surface area contributed by atoms with Crippen LogP contribution >= 0.6 is 11.6 Å². The van der Waals surface area contributed by atoms with Crippen LogP contribution in [-0.2, 0) is 0 Å². The van der Waals surface area contributed by atoms with Crippen molar-refractivity contribution in [1.82, 2.24) is 5.32 Å². The fourth-order valence-corrected chi connectivity index (χ4v) is 2.57. The average molecular weight is 272 g/mol. The molecule has 0 amide bonds. The Morgan fingerprint density at radius 2 is 2.39 bits per heavy atom. The molecule has 2 atom stereocenters. The summed E-state index contributed by atoms with van der Waals surface area (Å²) in [6.07, 6.45) is 3.13. The highest BCUT2D eigenvalue weighted by Crippen LogP contribution is 2.28. The zero-order chi connectivity index (χ0) is 13.0. The zero-order valence-corrected chi connectivity index (χ0v) is 11.3. The van der Waals surface area contributed by atoms with Crippen LogP contribution in [0.3, 0.4) is 0 Å². The number of ether oxygens (including phenoxy) is 1. The van der Waals surface area contributed by atoms with E-state index in [4.69, 9.17) is 16.3 Å². The van der Waals surface area contributed by atoms with Crippen molar-refractivity contribution in [3.63, 3.8) is 0 Å². The maximum atomic E-state index is 13.8. The SMILES string of the molecule is CCC[C@H](Oc1cccc(Cl)c1F)C1CCNC1. The van der Waals surface area contributed by atoms with Crippen molar-refractivity contribution >= 4 is 11.6 Å². The Labute approximate surface area is 112 Å². The molecule has 18 heavy (non-hydrogen) atoms. The van der Waals surface area contributed by atoms with Gasteiger partial charge in [0.15, 0.2) is 11.6 Å². The van der Waals surface area contributed by atoms with Gasteiger partial charge in [-0.3, -0.25) is 0 Å². The van der Waals surface area contributed by atoms with E-state index in [1.807, 2.05) is 0 Å². The smallest absolute Gasteiger partial charge is 0.183 e. The summed E-state index contributed by atoms with van der Waals surface area (Å²) in [5.41, 5.74) is 0. The van der Waals surface area contributed by atoms with Gasteiger partial charge in [0.25, 0.3) is 0 Å². The van der Waals surface area contributed by atoms with Crippen LogP contribution in [0.1, 0.15) is 26.2 Å². The van der Waals surface area contributed by atoms with Crippen LogP contribution in [0.25, 0.3) is 0 Å².